The predicted molar refractivity (Wildman–Crippen MR) is 64.1 cm³/mol. The quantitative estimate of drug-likeness (QED) is 0.756. The number of nitrogens with zero attached hydrogens (tertiary/aromatic N) is 2. The Hall–Kier alpha value is -1.85. The van der Waals surface area contributed by atoms with Gasteiger partial charge in [0.25, 0.3) is 5.56 Å². The summed E-state index contributed by atoms with van der Waals surface area (Å²) >= 11 is 0. The number of aromatic nitrogens is 2. The number of nitrogens with one attached hydrogen (secondary N) is 1. The Morgan fingerprint density at radius 2 is 2.29 bits per heavy atom. The monoisotopic (exact) mass is 239 g/mol. The molecule has 0 saturated heterocycles. The second-order valence-corrected chi connectivity index (χ2v) is 3.69. The highest BCUT2D eigenvalue weighted by Gasteiger charge is 2.13. The molecule has 0 bridgehead atoms. The van der Waals surface area contributed by atoms with Crippen LogP contribution < -0.4 is 10.5 Å². The Labute approximate surface area is 99.6 Å². The van der Waals surface area contributed by atoms with Gasteiger partial charge in [0.05, 0.1) is 7.11 Å². The van der Waals surface area contributed by atoms with E-state index in [1.165, 1.54) is 13.2 Å². The van der Waals surface area contributed by atoms with E-state index < -0.39 is 0 Å². The summed E-state index contributed by atoms with van der Waals surface area (Å²) in [6.45, 7) is 4.43. The summed E-state index contributed by atoms with van der Waals surface area (Å²) < 4.78 is 4.61. The van der Waals surface area contributed by atoms with Gasteiger partial charge in [0.2, 0.25) is 0 Å². The number of aryl methyl sites for hydroxylation is 1. The second kappa shape index (κ2) is 6.03. The zero-order valence-electron chi connectivity index (χ0n) is 10.3. The first-order chi connectivity index (χ1) is 8.06. The van der Waals surface area contributed by atoms with Crippen molar-refractivity contribution in [2.24, 2.45) is 0 Å². The Morgan fingerprint density at radius 1 is 1.59 bits per heavy atom. The van der Waals surface area contributed by atoms with E-state index in [2.05, 4.69) is 14.7 Å². The SMILES string of the molecule is CCCN(CC(=O)OC)c1cc(=O)[nH]c(C)n1. The number of anilines is 1. The van der Waals surface area contributed by atoms with E-state index in [1.54, 1.807) is 11.8 Å². The molecule has 1 N–H and O–H groups in total. The van der Waals surface area contributed by atoms with Gasteiger partial charge >= 0.3 is 5.97 Å². The number of rotatable bonds is 5. The fourth-order valence-corrected chi connectivity index (χ4v) is 1.49. The molecule has 1 rings (SSSR count). The largest absolute Gasteiger partial charge is 0.468 e. The van der Waals surface area contributed by atoms with Gasteiger partial charge in [0.1, 0.15) is 18.2 Å². The van der Waals surface area contributed by atoms with Crippen LogP contribution in [0, 0.1) is 6.92 Å². The average molecular weight is 239 g/mol. The number of methoxy groups -OCH3 is 1. The summed E-state index contributed by atoms with van der Waals surface area (Å²) in [6, 6.07) is 1.38. The summed E-state index contributed by atoms with van der Waals surface area (Å²) in [5, 5.41) is 0. The van der Waals surface area contributed by atoms with Crippen LogP contribution in [0.4, 0.5) is 5.82 Å². The van der Waals surface area contributed by atoms with Crippen LogP contribution in [0.2, 0.25) is 0 Å². The van der Waals surface area contributed by atoms with Crippen LogP contribution in [-0.2, 0) is 9.53 Å². The smallest absolute Gasteiger partial charge is 0.325 e. The summed E-state index contributed by atoms with van der Waals surface area (Å²) in [5.74, 6) is 0.676. The fraction of sp³-hybridized carbons (Fsp3) is 0.545. The van der Waals surface area contributed by atoms with E-state index in [0.29, 0.717) is 18.2 Å². The Morgan fingerprint density at radius 3 is 2.82 bits per heavy atom. The minimum atomic E-state index is -0.349. The van der Waals surface area contributed by atoms with Gasteiger partial charge in [-0.2, -0.15) is 0 Å². The highest BCUT2D eigenvalue weighted by atomic mass is 16.5. The van der Waals surface area contributed by atoms with E-state index in [0.717, 1.165) is 6.42 Å². The van der Waals surface area contributed by atoms with Crippen LogP contribution in [-0.4, -0.2) is 36.1 Å². The van der Waals surface area contributed by atoms with Crippen molar-refractivity contribution < 1.29 is 9.53 Å². The molecule has 0 fully saturated rings. The maximum Gasteiger partial charge on any atom is 0.325 e. The molecular formula is C11H17N3O3. The lowest BCUT2D eigenvalue weighted by Crippen LogP contribution is -2.33. The fourth-order valence-electron chi connectivity index (χ4n) is 1.49. The molecule has 6 heteroatoms. The van der Waals surface area contributed by atoms with Gasteiger partial charge in [0.15, 0.2) is 0 Å². The van der Waals surface area contributed by atoms with Crippen LogP contribution >= 0.6 is 0 Å². The molecule has 0 spiro atoms. The highest BCUT2D eigenvalue weighted by molar-refractivity contribution is 5.75. The summed E-state index contributed by atoms with van der Waals surface area (Å²) in [7, 11) is 1.34. The second-order valence-electron chi connectivity index (χ2n) is 3.69. The summed E-state index contributed by atoms with van der Waals surface area (Å²) in [6.07, 6.45) is 0.852. The normalized spacial score (nSPS) is 10.1. The minimum absolute atomic E-state index is 0.0975. The molecule has 0 aliphatic heterocycles. The lowest BCUT2D eigenvalue weighted by molar-refractivity contribution is -0.138. The molecule has 94 valence electrons. The number of carbonyl (C=O) groups is 1. The van der Waals surface area contributed by atoms with Gasteiger partial charge in [-0.3, -0.25) is 9.59 Å². The molecular weight excluding hydrogens is 222 g/mol. The Kier molecular flexibility index (Phi) is 4.68. The molecule has 0 saturated carbocycles. The highest BCUT2D eigenvalue weighted by Crippen LogP contribution is 2.08. The molecule has 6 nitrogen and oxygen atoms in total. The minimum Gasteiger partial charge on any atom is -0.468 e. The summed E-state index contributed by atoms with van der Waals surface area (Å²) in [4.78, 5) is 31.1. The topological polar surface area (TPSA) is 75.3 Å². The molecule has 17 heavy (non-hydrogen) atoms. The average Bonchev–Trinajstić information content (AvgIpc) is 2.27. The lowest BCUT2D eigenvalue weighted by atomic mass is 10.3. The third-order valence-electron chi connectivity index (χ3n) is 2.21. The number of hydrogen-bond donors (Lipinski definition) is 1. The predicted octanol–water partition coefficient (Wildman–Crippen LogP) is 0.468. The molecule has 0 atom stereocenters. The number of ether oxygens (including phenoxy) is 1. The van der Waals surface area contributed by atoms with E-state index in [-0.39, 0.29) is 18.1 Å². The van der Waals surface area contributed by atoms with Crippen molar-refractivity contribution in [3.05, 3.63) is 22.2 Å². The van der Waals surface area contributed by atoms with Gasteiger partial charge in [-0.15, -0.1) is 0 Å². The van der Waals surface area contributed by atoms with Crippen LogP contribution in [0.25, 0.3) is 0 Å². The first-order valence-corrected chi connectivity index (χ1v) is 5.46. The van der Waals surface area contributed by atoms with Crippen molar-refractivity contribution in [1.82, 2.24) is 9.97 Å². The van der Waals surface area contributed by atoms with Crippen molar-refractivity contribution in [2.75, 3.05) is 25.1 Å². The standard InChI is InChI=1S/C11H17N3O3/c1-4-5-14(7-11(16)17-3)9-6-10(15)13-8(2)12-9/h6H,4-5,7H2,1-3H3,(H,12,13,15). The zero-order chi connectivity index (χ0) is 12.8. The Bertz CT molecular complexity index is 442. The van der Waals surface area contributed by atoms with Gasteiger partial charge < -0.3 is 14.6 Å². The maximum absolute atomic E-state index is 11.3. The van der Waals surface area contributed by atoms with E-state index in [4.69, 9.17) is 0 Å². The zero-order valence-corrected chi connectivity index (χ0v) is 10.3. The first kappa shape index (κ1) is 13.2. The van der Waals surface area contributed by atoms with Crippen molar-refractivity contribution >= 4 is 11.8 Å². The third-order valence-corrected chi connectivity index (χ3v) is 2.21. The number of carbonyl (C=O) groups excluding carboxylic acids is 1. The molecule has 0 amide bonds. The van der Waals surface area contributed by atoms with Crippen LogP contribution in [0.5, 0.6) is 0 Å². The van der Waals surface area contributed by atoms with Crippen molar-refractivity contribution in [3.63, 3.8) is 0 Å². The molecule has 0 aliphatic rings. The van der Waals surface area contributed by atoms with Gasteiger partial charge in [-0.05, 0) is 13.3 Å². The van der Waals surface area contributed by atoms with Gasteiger partial charge in [-0.25, -0.2) is 4.98 Å². The Balaban J connectivity index is 2.96. The number of aromatic amines is 1. The molecule has 0 aliphatic carbocycles. The number of esters is 1. The number of hydrogen-bond acceptors (Lipinski definition) is 5. The molecule has 1 aromatic heterocycles. The summed E-state index contributed by atoms with van der Waals surface area (Å²) in [5.41, 5.74) is -0.224. The molecule has 0 radical (unpaired) electrons. The van der Waals surface area contributed by atoms with Gasteiger partial charge in [-0.1, -0.05) is 6.92 Å². The van der Waals surface area contributed by atoms with E-state index in [9.17, 15) is 9.59 Å². The number of H-pyrrole nitrogens is 1. The van der Waals surface area contributed by atoms with E-state index in [1.807, 2.05) is 6.92 Å². The van der Waals surface area contributed by atoms with Crippen molar-refractivity contribution in [3.8, 4) is 0 Å². The maximum atomic E-state index is 11.3. The lowest BCUT2D eigenvalue weighted by Gasteiger charge is -2.21. The van der Waals surface area contributed by atoms with Crippen LogP contribution in [0.1, 0.15) is 19.2 Å². The van der Waals surface area contributed by atoms with E-state index >= 15 is 0 Å². The van der Waals surface area contributed by atoms with Gasteiger partial charge in [0, 0.05) is 12.6 Å². The van der Waals surface area contributed by atoms with Crippen molar-refractivity contribution in [2.45, 2.75) is 20.3 Å². The first-order valence-electron chi connectivity index (χ1n) is 5.46. The van der Waals surface area contributed by atoms with Crippen LogP contribution in [0.15, 0.2) is 10.9 Å². The van der Waals surface area contributed by atoms with Crippen molar-refractivity contribution in [1.29, 1.82) is 0 Å². The third kappa shape index (κ3) is 3.90. The molecule has 0 unspecified atom stereocenters. The molecule has 1 heterocycles. The molecule has 0 aromatic carbocycles. The molecule has 1 aromatic rings. The van der Waals surface area contributed by atoms with Crippen LogP contribution in [0.3, 0.4) is 0 Å².